The van der Waals surface area contributed by atoms with Crippen LogP contribution in [0.2, 0.25) is 0 Å². The van der Waals surface area contributed by atoms with Gasteiger partial charge in [-0.05, 0) is 72.3 Å². The second-order valence-electron chi connectivity index (χ2n) is 8.92. The molecular weight excluding hydrogens is 585 g/mol. The summed E-state index contributed by atoms with van der Waals surface area (Å²) in [4.78, 5) is 47.7. The SMILES string of the molecule is COc1cc(C=NNC(=O)c2cccc(NC(=O)c3cccc(C(F)(F)F)c3)c2)ccc1OC(=O)c1ccc([N+](=O)[O-])cc1. The Morgan fingerprint density at radius 2 is 1.52 bits per heavy atom. The van der Waals surface area contributed by atoms with Crippen molar-refractivity contribution < 1.29 is 42.0 Å². The maximum Gasteiger partial charge on any atom is 0.416 e. The number of alkyl halides is 3. The molecule has 0 aliphatic rings. The van der Waals surface area contributed by atoms with Crippen LogP contribution >= 0.6 is 0 Å². The minimum atomic E-state index is -4.61. The summed E-state index contributed by atoms with van der Waals surface area (Å²) in [6.07, 6.45) is -3.31. The van der Waals surface area contributed by atoms with Gasteiger partial charge in [0, 0.05) is 28.9 Å². The Kier molecular flexibility index (Phi) is 9.33. The van der Waals surface area contributed by atoms with Gasteiger partial charge in [0.15, 0.2) is 11.5 Å². The largest absolute Gasteiger partial charge is 0.493 e. The van der Waals surface area contributed by atoms with E-state index in [9.17, 15) is 37.7 Å². The van der Waals surface area contributed by atoms with Crippen LogP contribution in [0, 0.1) is 10.1 Å². The van der Waals surface area contributed by atoms with Crippen molar-refractivity contribution in [3.05, 3.63) is 129 Å². The lowest BCUT2D eigenvalue weighted by atomic mass is 10.1. The molecule has 14 heteroatoms. The molecule has 0 aromatic heterocycles. The molecule has 0 saturated carbocycles. The quantitative estimate of drug-likeness (QED) is 0.0797. The molecule has 224 valence electrons. The Morgan fingerprint density at radius 1 is 0.841 bits per heavy atom. The van der Waals surface area contributed by atoms with Gasteiger partial charge in [0.25, 0.3) is 17.5 Å². The number of esters is 1. The highest BCUT2D eigenvalue weighted by Gasteiger charge is 2.31. The van der Waals surface area contributed by atoms with E-state index >= 15 is 0 Å². The number of hydrazone groups is 1. The summed E-state index contributed by atoms with van der Waals surface area (Å²) >= 11 is 0. The number of rotatable bonds is 9. The molecule has 44 heavy (non-hydrogen) atoms. The fourth-order valence-corrected chi connectivity index (χ4v) is 3.74. The smallest absolute Gasteiger partial charge is 0.416 e. The molecule has 11 nitrogen and oxygen atoms in total. The van der Waals surface area contributed by atoms with Gasteiger partial charge in [0.1, 0.15) is 0 Å². The Hall–Kier alpha value is -6.05. The van der Waals surface area contributed by atoms with Crippen LogP contribution < -0.4 is 20.2 Å². The number of halogens is 3. The lowest BCUT2D eigenvalue weighted by Crippen LogP contribution is -2.18. The minimum Gasteiger partial charge on any atom is -0.493 e. The molecule has 0 spiro atoms. The molecule has 0 unspecified atom stereocenters. The van der Waals surface area contributed by atoms with Gasteiger partial charge < -0.3 is 14.8 Å². The van der Waals surface area contributed by atoms with Crippen LogP contribution in [0.5, 0.6) is 11.5 Å². The number of nitrogens with zero attached hydrogens (tertiary/aromatic N) is 2. The van der Waals surface area contributed by atoms with Gasteiger partial charge in [-0.3, -0.25) is 19.7 Å². The van der Waals surface area contributed by atoms with Gasteiger partial charge in [-0.25, -0.2) is 10.2 Å². The summed E-state index contributed by atoms with van der Waals surface area (Å²) < 4.78 is 49.5. The summed E-state index contributed by atoms with van der Waals surface area (Å²) in [5.74, 6) is -1.96. The summed E-state index contributed by atoms with van der Waals surface area (Å²) in [5.41, 5.74) is 1.80. The van der Waals surface area contributed by atoms with E-state index in [1.165, 1.54) is 86.1 Å². The highest BCUT2D eigenvalue weighted by atomic mass is 19.4. The van der Waals surface area contributed by atoms with Crippen LogP contribution in [0.4, 0.5) is 24.5 Å². The molecule has 0 fully saturated rings. The zero-order valence-corrected chi connectivity index (χ0v) is 22.6. The number of carbonyl (C=O) groups excluding carboxylic acids is 3. The third kappa shape index (κ3) is 7.82. The molecule has 4 aromatic carbocycles. The van der Waals surface area contributed by atoms with Crippen LogP contribution in [0.1, 0.15) is 42.2 Å². The number of benzene rings is 4. The predicted octanol–water partition coefficient (Wildman–Crippen LogP) is 5.86. The van der Waals surface area contributed by atoms with Crippen molar-refractivity contribution in [3.8, 4) is 11.5 Å². The molecule has 0 saturated heterocycles. The fourth-order valence-electron chi connectivity index (χ4n) is 3.74. The van der Waals surface area contributed by atoms with Crippen molar-refractivity contribution in [1.82, 2.24) is 5.43 Å². The number of nitro groups is 1. The van der Waals surface area contributed by atoms with Gasteiger partial charge in [-0.2, -0.15) is 18.3 Å². The van der Waals surface area contributed by atoms with Crippen LogP contribution in [-0.2, 0) is 6.18 Å². The Balaban J connectivity index is 1.37. The number of ether oxygens (including phenoxy) is 2. The first kappa shape index (κ1) is 30.9. The highest BCUT2D eigenvalue weighted by Crippen LogP contribution is 2.30. The summed E-state index contributed by atoms with van der Waals surface area (Å²) in [7, 11) is 1.35. The molecule has 2 amide bonds. The summed E-state index contributed by atoms with van der Waals surface area (Å²) in [5, 5.41) is 17.1. The fraction of sp³-hybridized carbons (Fsp3) is 0.0667. The van der Waals surface area contributed by atoms with Crippen LogP contribution in [-0.4, -0.2) is 36.0 Å². The average molecular weight is 607 g/mol. The number of non-ortho nitro benzene ring substituents is 1. The van der Waals surface area contributed by atoms with E-state index < -0.39 is 34.4 Å². The monoisotopic (exact) mass is 606 g/mol. The van der Waals surface area contributed by atoms with Gasteiger partial charge in [-0.15, -0.1) is 0 Å². The topological polar surface area (TPSA) is 149 Å². The van der Waals surface area contributed by atoms with Crippen molar-refractivity contribution in [3.63, 3.8) is 0 Å². The Bertz CT molecular complexity index is 1760. The molecule has 0 atom stereocenters. The normalized spacial score (nSPS) is 11.1. The van der Waals surface area contributed by atoms with E-state index in [1.54, 1.807) is 0 Å². The summed E-state index contributed by atoms with van der Waals surface area (Å²) in [6.45, 7) is 0. The first-order valence-corrected chi connectivity index (χ1v) is 12.5. The molecule has 4 rings (SSSR count). The predicted molar refractivity (Wildman–Crippen MR) is 152 cm³/mol. The highest BCUT2D eigenvalue weighted by molar-refractivity contribution is 6.05. The molecule has 0 heterocycles. The Labute approximate surface area is 247 Å². The molecule has 0 aliphatic heterocycles. The minimum absolute atomic E-state index is 0.0704. The second-order valence-corrected chi connectivity index (χ2v) is 8.92. The molecule has 0 radical (unpaired) electrons. The number of hydrogen-bond acceptors (Lipinski definition) is 8. The zero-order chi connectivity index (χ0) is 31.9. The standard InChI is InChI=1S/C30H21F3N4O7/c1-43-26-14-18(8-13-25(26)44-29(40)19-9-11-24(12-10-19)37(41)42)17-34-36-28(39)21-5-3-7-23(16-21)35-27(38)20-4-2-6-22(15-20)30(31,32)33/h2-17H,1H3,(H,35,38)(H,36,39). The van der Waals surface area contributed by atoms with Crippen molar-refractivity contribution in [2.24, 2.45) is 5.10 Å². The van der Waals surface area contributed by atoms with Crippen molar-refractivity contribution >= 4 is 35.4 Å². The van der Waals surface area contributed by atoms with Crippen molar-refractivity contribution in [2.45, 2.75) is 6.18 Å². The number of anilines is 1. The average Bonchev–Trinajstić information content (AvgIpc) is 3.01. The molecule has 4 aromatic rings. The first-order chi connectivity index (χ1) is 20.9. The molecule has 0 aliphatic carbocycles. The Morgan fingerprint density at radius 3 is 2.18 bits per heavy atom. The van der Waals surface area contributed by atoms with Gasteiger partial charge in [-0.1, -0.05) is 12.1 Å². The van der Waals surface area contributed by atoms with Gasteiger partial charge in [0.2, 0.25) is 0 Å². The van der Waals surface area contributed by atoms with Gasteiger partial charge in [0.05, 0.1) is 29.4 Å². The maximum absolute atomic E-state index is 13.0. The molecular formula is C30H21F3N4O7. The van der Waals surface area contributed by atoms with Crippen molar-refractivity contribution in [1.29, 1.82) is 0 Å². The summed E-state index contributed by atoms with van der Waals surface area (Å²) in [6, 6.07) is 19.0. The van der Waals surface area contributed by atoms with E-state index in [2.05, 4.69) is 15.8 Å². The number of hydrogen-bond donors (Lipinski definition) is 2. The molecule has 2 N–H and O–H groups in total. The third-order valence-corrected chi connectivity index (χ3v) is 5.92. The van der Waals surface area contributed by atoms with Crippen LogP contribution in [0.15, 0.2) is 96.1 Å². The number of methoxy groups -OCH3 is 1. The van der Waals surface area contributed by atoms with Crippen LogP contribution in [0.3, 0.4) is 0 Å². The number of nitro benzene ring substituents is 1. The lowest BCUT2D eigenvalue weighted by Gasteiger charge is -2.10. The second kappa shape index (κ2) is 13.3. The van der Waals surface area contributed by atoms with Crippen LogP contribution in [0.25, 0.3) is 0 Å². The zero-order valence-electron chi connectivity index (χ0n) is 22.6. The maximum atomic E-state index is 13.0. The number of carbonyl (C=O) groups is 3. The third-order valence-electron chi connectivity index (χ3n) is 5.92. The van der Waals surface area contributed by atoms with E-state index in [1.807, 2.05) is 0 Å². The lowest BCUT2D eigenvalue weighted by molar-refractivity contribution is -0.384. The number of amides is 2. The van der Waals surface area contributed by atoms with E-state index in [-0.39, 0.29) is 39.6 Å². The van der Waals surface area contributed by atoms with E-state index in [4.69, 9.17) is 9.47 Å². The van der Waals surface area contributed by atoms with E-state index in [0.717, 1.165) is 18.2 Å². The number of nitrogens with one attached hydrogen (secondary N) is 2. The first-order valence-electron chi connectivity index (χ1n) is 12.5. The van der Waals surface area contributed by atoms with E-state index in [0.29, 0.717) is 5.56 Å². The molecule has 0 bridgehead atoms. The van der Waals surface area contributed by atoms with Gasteiger partial charge >= 0.3 is 12.1 Å². The van der Waals surface area contributed by atoms with Crippen molar-refractivity contribution in [2.75, 3.05) is 12.4 Å².